The lowest BCUT2D eigenvalue weighted by atomic mass is 9.94. The molecule has 1 fully saturated rings. The van der Waals surface area contributed by atoms with Crippen molar-refractivity contribution in [2.75, 3.05) is 20.6 Å². The van der Waals surface area contributed by atoms with E-state index in [1.54, 1.807) is 20.2 Å². The Labute approximate surface area is 116 Å². The van der Waals surface area contributed by atoms with Crippen molar-refractivity contribution >= 4 is 5.96 Å². The van der Waals surface area contributed by atoms with Crippen LogP contribution in [0, 0.1) is 0 Å². The fourth-order valence-corrected chi connectivity index (χ4v) is 2.28. The minimum Gasteiger partial charge on any atom is -0.359 e. The molecule has 2 N–H and O–H groups in total. The average molecular weight is 285 g/mol. The zero-order valence-electron chi connectivity index (χ0n) is 11.5. The van der Waals surface area contributed by atoms with Gasteiger partial charge < -0.3 is 10.6 Å². The van der Waals surface area contributed by atoms with E-state index in [0.717, 1.165) is 24.5 Å². The maximum absolute atomic E-state index is 12.8. The van der Waals surface area contributed by atoms with Gasteiger partial charge >= 0.3 is 6.18 Å². The van der Waals surface area contributed by atoms with E-state index in [1.165, 1.54) is 12.1 Å². The third kappa shape index (κ3) is 3.05. The number of benzene rings is 1. The normalized spacial score (nSPS) is 17.8. The summed E-state index contributed by atoms with van der Waals surface area (Å²) in [6.07, 6.45) is -2.51. The molecule has 0 bridgehead atoms. The van der Waals surface area contributed by atoms with Crippen LogP contribution in [0.4, 0.5) is 13.2 Å². The molecule has 0 spiro atoms. The number of guanidine groups is 1. The quantitative estimate of drug-likeness (QED) is 0.661. The third-order valence-electron chi connectivity index (χ3n) is 3.71. The number of alkyl halides is 3. The van der Waals surface area contributed by atoms with Gasteiger partial charge in [-0.2, -0.15) is 13.2 Å². The average Bonchev–Trinajstić information content (AvgIpc) is 3.20. The van der Waals surface area contributed by atoms with Gasteiger partial charge in [-0.3, -0.25) is 4.99 Å². The highest BCUT2D eigenvalue weighted by molar-refractivity contribution is 5.79. The molecule has 20 heavy (non-hydrogen) atoms. The van der Waals surface area contributed by atoms with Gasteiger partial charge in [0.1, 0.15) is 0 Å². The second kappa shape index (κ2) is 5.34. The Balaban J connectivity index is 2.15. The van der Waals surface area contributed by atoms with Crippen molar-refractivity contribution in [3.63, 3.8) is 0 Å². The predicted octanol–water partition coefficient (Wildman–Crippen LogP) is 2.53. The Morgan fingerprint density at radius 3 is 2.55 bits per heavy atom. The molecule has 0 amide bonds. The van der Waals surface area contributed by atoms with Gasteiger partial charge in [0.05, 0.1) is 5.56 Å². The minimum absolute atomic E-state index is 0.200. The highest BCUT2D eigenvalue weighted by Gasteiger charge is 2.45. The zero-order chi connectivity index (χ0) is 14.8. The molecular weight excluding hydrogens is 267 g/mol. The molecule has 0 aliphatic heterocycles. The number of nitrogens with one attached hydrogen (secondary N) is 2. The first kappa shape index (κ1) is 14.7. The van der Waals surface area contributed by atoms with Crippen LogP contribution in [-0.2, 0) is 11.6 Å². The SMILES string of the molecule is CN=C(NC)NCC1(c2cccc(C(F)(F)F)c2)CC1. The van der Waals surface area contributed by atoms with Gasteiger partial charge in [-0.05, 0) is 24.5 Å². The minimum atomic E-state index is -4.29. The van der Waals surface area contributed by atoms with Gasteiger partial charge in [0.15, 0.2) is 5.96 Å². The summed E-state index contributed by atoms with van der Waals surface area (Å²) in [6, 6.07) is 5.62. The fraction of sp³-hybridized carbons (Fsp3) is 0.500. The smallest absolute Gasteiger partial charge is 0.359 e. The molecule has 0 atom stereocenters. The van der Waals surface area contributed by atoms with Crippen LogP contribution in [0.2, 0.25) is 0 Å². The number of hydrogen-bond donors (Lipinski definition) is 2. The Morgan fingerprint density at radius 2 is 2.05 bits per heavy atom. The lowest BCUT2D eigenvalue weighted by molar-refractivity contribution is -0.137. The molecule has 0 aromatic heterocycles. The second-order valence-corrected chi connectivity index (χ2v) is 5.03. The van der Waals surface area contributed by atoms with Crippen LogP contribution in [-0.4, -0.2) is 26.6 Å². The summed E-state index contributed by atoms with van der Waals surface area (Å²) in [5.41, 5.74) is -0.0423. The summed E-state index contributed by atoms with van der Waals surface area (Å²) >= 11 is 0. The maximum atomic E-state index is 12.8. The van der Waals surface area contributed by atoms with Gasteiger partial charge in [-0.1, -0.05) is 18.2 Å². The topological polar surface area (TPSA) is 36.4 Å². The first-order valence-corrected chi connectivity index (χ1v) is 6.47. The first-order chi connectivity index (χ1) is 9.41. The largest absolute Gasteiger partial charge is 0.416 e. The standard InChI is InChI=1S/C14H18F3N3/c1-18-12(19-2)20-9-13(6-7-13)10-4-3-5-11(8-10)14(15,16)17/h3-5,8H,6-7,9H2,1-2H3,(H2,18,19,20). The summed E-state index contributed by atoms with van der Waals surface area (Å²) in [5.74, 6) is 0.642. The third-order valence-corrected chi connectivity index (χ3v) is 3.71. The van der Waals surface area contributed by atoms with E-state index in [9.17, 15) is 13.2 Å². The summed E-state index contributed by atoms with van der Waals surface area (Å²) < 4.78 is 38.3. The van der Waals surface area contributed by atoms with Crippen LogP contribution in [0.3, 0.4) is 0 Å². The highest BCUT2D eigenvalue weighted by Crippen LogP contribution is 2.48. The van der Waals surface area contributed by atoms with Gasteiger partial charge in [-0.25, -0.2) is 0 Å². The van der Waals surface area contributed by atoms with E-state index in [4.69, 9.17) is 0 Å². The molecule has 0 radical (unpaired) electrons. The fourth-order valence-electron chi connectivity index (χ4n) is 2.28. The van der Waals surface area contributed by atoms with E-state index >= 15 is 0 Å². The van der Waals surface area contributed by atoms with Crippen molar-refractivity contribution in [1.82, 2.24) is 10.6 Å². The van der Waals surface area contributed by atoms with Crippen molar-refractivity contribution in [3.05, 3.63) is 35.4 Å². The number of hydrogen-bond acceptors (Lipinski definition) is 1. The number of aliphatic imine (C=N–C) groups is 1. The summed E-state index contributed by atoms with van der Waals surface area (Å²) in [4.78, 5) is 4.00. The van der Waals surface area contributed by atoms with Crippen molar-refractivity contribution < 1.29 is 13.2 Å². The predicted molar refractivity (Wildman–Crippen MR) is 72.8 cm³/mol. The summed E-state index contributed by atoms with van der Waals surface area (Å²) in [6.45, 7) is 0.585. The monoisotopic (exact) mass is 285 g/mol. The molecule has 1 aliphatic rings. The molecule has 0 heterocycles. The van der Waals surface area contributed by atoms with Crippen LogP contribution < -0.4 is 10.6 Å². The molecule has 1 aromatic rings. The number of rotatable bonds is 3. The highest BCUT2D eigenvalue weighted by atomic mass is 19.4. The van der Waals surface area contributed by atoms with E-state index in [-0.39, 0.29) is 5.41 Å². The molecular formula is C14H18F3N3. The molecule has 1 aliphatic carbocycles. The Hall–Kier alpha value is -1.72. The zero-order valence-corrected chi connectivity index (χ0v) is 11.5. The van der Waals surface area contributed by atoms with Gasteiger partial charge in [-0.15, -0.1) is 0 Å². The van der Waals surface area contributed by atoms with Gasteiger partial charge in [0, 0.05) is 26.1 Å². The van der Waals surface area contributed by atoms with Gasteiger partial charge in [0.25, 0.3) is 0 Å². The van der Waals surface area contributed by atoms with E-state index in [0.29, 0.717) is 12.5 Å². The maximum Gasteiger partial charge on any atom is 0.416 e. The molecule has 3 nitrogen and oxygen atoms in total. The van der Waals surface area contributed by atoms with Crippen molar-refractivity contribution in [1.29, 1.82) is 0 Å². The van der Waals surface area contributed by atoms with Crippen molar-refractivity contribution in [2.45, 2.75) is 24.4 Å². The Kier molecular flexibility index (Phi) is 3.92. The van der Waals surface area contributed by atoms with E-state index < -0.39 is 11.7 Å². The second-order valence-electron chi connectivity index (χ2n) is 5.03. The van der Waals surface area contributed by atoms with Crippen LogP contribution in [0.1, 0.15) is 24.0 Å². The Bertz CT molecular complexity index is 505. The van der Waals surface area contributed by atoms with E-state index in [1.807, 2.05) is 0 Å². The molecule has 1 aromatic carbocycles. The molecule has 0 unspecified atom stereocenters. The summed E-state index contributed by atoms with van der Waals surface area (Å²) in [7, 11) is 3.40. The van der Waals surface area contributed by atoms with Crippen LogP contribution in [0.25, 0.3) is 0 Å². The molecule has 0 saturated heterocycles. The molecule has 6 heteroatoms. The summed E-state index contributed by atoms with van der Waals surface area (Å²) in [5, 5.41) is 6.03. The lowest BCUT2D eigenvalue weighted by Crippen LogP contribution is -2.39. The van der Waals surface area contributed by atoms with Gasteiger partial charge in [0.2, 0.25) is 0 Å². The van der Waals surface area contributed by atoms with Crippen molar-refractivity contribution in [3.8, 4) is 0 Å². The lowest BCUT2D eigenvalue weighted by Gasteiger charge is -2.19. The van der Waals surface area contributed by atoms with Crippen molar-refractivity contribution in [2.24, 2.45) is 4.99 Å². The van der Waals surface area contributed by atoms with Crippen LogP contribution >= 0.6 is 0 Å². The Morgan fingerprint density at radius 1 is 1.35 bits per heavy atom. The van der Waals surface area contributed by atoms with E-state index in [2.05, 4.69) is 15.6 Å². The molecule has 2 rings (SSSR count). The van der Waals surface area contributed by atoms with Crippen LogP contribution in [0.15, 0.2) is 29.3 Å². The molecule has 110 valence electrons. The number of halogens is 3. The molecule has 1 saturated carbocycles. The van der Waals surface area contributed by atoms with Crippen LogP contribution in [0.5, 0.6) is 0 Å². The first-order valence-electron chi connectivity index (χ1n) is 6.47. The number of nitrogens with zero attached hydrogens (tertiary/aromatic N) is 1.